The number of ether oxygens (including phenoxy) is 3. The third-order valence-corrected chi connectivity index (χ3v) is 5.65. The van der Waals surface area contributed by atoms with Crippen molar-refractivity contribution < 1.29 is 14.2 Å². The lowest BCUT2D eigenvalue weighted by molar-refractivity contribution is -0.0293. The Balaban J connectivity index is 1.53. The second-order valence-electron chi connectivity index (χ2n) is 7.24. The Bertz CT molecular complexity index is 595. The first-order valence-electron chi connectivity index (χ1n) is 9.64. The van der Waals surface area contributed by atoms with Crippen LogP contribution in [0.1, 0.15) is 37.7 Å². The quantitative estimate of drug-likeness (QED) is 0.663. The van der Waals surface area contributed by atoms with Crippen molar-refractivity contribution >= 4 is 0 Å². The summed E-state index contributed by atoms with van der Waals surface area (Å²) in [5, 5.41) is 3.24. The maximum Gasteiger partial charge on any atom is 0.160 e. The average Bonchev–Trinajstić information content (AvgIpc) is 3.17. The molecule has 0 bridgehead atoms. The second kappa shape index (κ2) is 9.33. The first-order valence-corrected chi connectivity index (χ1v) is 9.64. The topological polar surface area (TPSA) is 60.4 Å². The van der Waals surface area contributed by atoms with Crippen LogP contribution >= 0.6 is 0 Å². The van der Waals surface area contributed by atoms with Gasteiger partial charge in [0.15, 0.2) is 11.5 Å². The molecule has 1 saturated carbocycles. The van der Waals surface area contributed by atoms with Gasteiger partial charge in [0.05, 0.1) is 26.9 Å². The van der Waals surface area contributed by atoms with Gasteiger partial charge >= 0.3 is 0 Å². The number of methoxy groups -OCH3 is 2. The van der Waals surface area contributed by atoms with Crippen molar-refractivity contribution in [3.05, 3.63) is 28.7 Å². The summed E-state index contributed by atoms with van der Waals surface area (Å²) in [6.45, 7) is 2.46. The van der Waals surface area contributed by atoms with E-state index in [1.165, 1.54) is 18.4 Å². The van der Waals surface area contributed by atoms with Crippen LogP contribution in [0, 0.1) is 4.91 Å². The van der Waals surface area contributed by atoms with Gasteiger partial charge in [-0.2, -0.15) is 4.91 Å². The Morgan fingerprint density at radius 3 is 2.65 bits per heavy atom. The third kappa shape index (κ3) is 4.54. The lowest BCUT2D eigenvalue weighted by atomic mass is 9.91. The van der Waals surface area contributed by atoms with Crippen LogP contribution in [0.2, 0.25) is 0 Å². The van der Waals surface area contributed by atoms with Gasteiger partial charge in [-0.1, -0.05) is 24.1 Å². The van der Waals surface area contributed by atoms with E-state index in [9.17, 15) is 4.91 Å². The Labute approximate surface area is 155 Å². The zero-order chi connectivity index (χ0) is 18.4. The summed E-state index contributed by atoms with van der Waals surface area (Å²) in [6.07, 6.45) is 6.73. The highest BCUT2D eigenvalue weighted by atomic mass is 16.5. The number of likely N-dealkylation sites (tertiary alicyclic amines) is 1. The largest absolute Gasteiger partial charge is 0.493 e. The Kier molecular flexibility index (Phi) is 6.86. The van der Waals surface area contributed by atoms with Crippen LogP contribution in [0.3, 0.4) is 0 Å². The molecule has 0 N–H and O–H groups in total. The van der Waals surface area contributed by atoms with Crippen LogP contribution in [0.4, 0.5) is 0 Å². The number of hydrogen-bond acceptors (Lipinski definition) is 6. The molecule has 2 aliphatic rings. The normalized spacial score (nSPS) is 26.6. The van der Waals surface area contributed by atoms with Gasteiger partial charge in [-0.05, 0) is 43.4 Å². The van der Waals surface area contributed by atoms with E-state index in [1.54, 1.807) is 14.2 Å². The molecule has 2 fully saturated rings. The van der Waals surface area contributed by atoms with Crippen molar-refractivity contribution in [3.8, 4) is 11.5 Å². The van der Waals surface area contributed by atoms with E-state index < -0.39 is 0 Å². The van der Waals surface area contributed by atoms with Crippen molar-refractivity contribution in [2.24, 2.45) is 5.18 Å². The maximum absolute atomic E-state index is 10.8. The highest BCUT2D eigenvalue weighted by Gasteiger charge is 2.35. The van der Waals surface area contributed by atoms with Crippen molar-refractivity contribution in [2.45, 2.75) is 56.7 Å². The molecule has 3 unspecified atom stereocenters. The van der Waals surface area contributed by atoms with Gasteiger partial charge in [0.25, 0.3) is 0 Å². The fraction of sp³-hybridized carbons (Fsp3) is 0.700. The second-order valence-corrected chi connectivity index (χ2v) is 7.24. The summed E-state index contributed by atoms with van der Waals surface area (Å²) in [7, 11) is 3.30. The van der Waals surface area contributed by atoms with Gasteiger partial charge in [-0.25, -0.2) is 0 Å². The van der Waals surface area contributed by atoms with E-state index in [-0.39, 0.29) is 12.1 Å². The molecule has 1 aromatic carbocycles. The van der Waals surface area contributed by atoms with Crippen LogP contribution in [0.15, 0.2) is 23.4 Å². The summed E-state index contributed by atoms with van der Waals surface area (Å²) < 4.78 is 16.9. The molecule has 0 amide bonds. The highest BCUT2D eigenvalue weighted by Crippen LogP contribution is 2.30. The summed E-state index contributed by atoms with van der Waals surface area (Å²) in [5.74, 6) is 1.50. The van der Waals surface area contributed by atoms with E-state index in [2.05, 4.69) is 16.1 Å². The minimum absolute atomic E-state index is 0.0376. The van der Waals surface area contributed by atoms with Gasteiger partial charge in [-0.3, -0.25) is 4.90 Å². The molecule has 26 heavy (non-hydrogen) atoms. The van der Waals surface area contributed by atoms with Gasteiger partial charge in [-0.15, -0.1) is 0 Å². The minimum atomic E-state index is -0.0376. The van der Waals surface area contributed by atoms with Gasteiger partial charge < -0.3 is 14.2 Å². The van der Waals surface area contributed by atoms with E-state index in [0.717, 1.165) is 50.3 Å². The van der Waals surface area contributed by atoms with Crippen LogP contribution in [-0.2, 0) is 11.2 Å². The monoisotopic (exact) mass is 362 g/mol. The van der Waals surface area contributed by atoms with Crippen molar-refractivity contribution in [1.82, 2.24) is 4.90 Å². The van der Waals surface area contributed by atoms with Crippen LogP contribution in [-0.4, -0.2) is 57.0 Å². The fourth-order valence-electron chi connectivity index (χ4n) is 4.21. The smallest absolute Gasteiger partial charge is 0.160 e. The van der Waals surface area contributed by atoms with Crippen molar-refractivity contribution in [2.75, 3.05) is 33.9 Å². The van der Waals surface area contributed by atoms with E-state index in [1.807, 2.05) is 12.1 Å². The van der Waals surface area contributed by atoms with E-state index in [4.69, 9.17) is 14.2 Å². The van der Waals surface area contributed by atoms with Gasteiger partial charge in [0.2, 0.25) is 0 Å². The third-order valence-electron chi connectivity index (χ3n) is 5.65. The first kappa shape index (κ1) is 19.1. The summed E-state index contributed by atoms with van der Waals surface area (Å²) >= 11 is 0. The predicted molar refractivity (Wildman–Crippen MR) is 101 cm³/mol. The molecule has 6 heteroatoms. The molecule has 1 saturated heterocycles. The Morgan fingerprint density at radius 1 is 1.12 bits per heavy atom. The van der Waals surface area contributed by atoms with Gasteiger partial charge in [0.1, 0.15) is 6.04 Å². The standard InChI is InChI=1S/C20H30N2O4/c1-24-19-8-7-15(13-20(19)25-2)10-12-26-18-6-4-3-5-17(18)22-11-9-16(14-22)21-23/h7-8,13,16-18H,3-6,9-12,14H2,1-2H3. The number of hydrogen-bond donors (Lipinski definition) is 0. The molecule has 3 rings (SSSR count). The summed E-state index contributed by atoms with van der Waals surface area (Å²) in [4.78, 5) is 13.2. The Morgan fingerprint density at radius 2 is 1.92 bits per heavy atom. The summed E-state index contributed by atoms with van der Waals surface area (Å²) in [5.41, 5.74) is 1.18. The molecule has 6 nitrogen and oxygen atoms in total. The number of nitrogens with zero attached hydrogens (tertiary/aromatic N) is 2. The zero-order valence-electron chi connectivity index (χ0n) is 15.9. The lowest BCUT2D eigenvalue weighted by Crippen LogP contribution is -2.46. The highest BCUT2D eigenvalue weighted by molar-refractivity contribution is 5.42. The molecular formula is C20H30N2O4. The molecule has 1 aromatic rings. The fourth-order valence-corrected chi connectivity index (χ4v) is 4.21. The van der Waals surface area contributed by atoms with E-state index in [0.29, 0.717) is 12.6 Å². The van der Waals surface area contributed by atoms with Crippen molar-refractivity contribution in [3.63, 3.8) is 0 Å². The Hall–Kier alpha value is -1.66. The molecule has 1 aliphatic carbocycles. The van der Waals surface area contributed by atoms with Crippen molar-refractivity contribution in [1.29, 1.82) is 0 Å². The minimum Gasteiger partial charge on any atom is -0.493 e. The number of nitroso groups, excluding NO2 is 1. The molecule has 0 aromatic heterocycles. The molecule has 144 valence electrons. The maximum atomic E-state index is 10.8. The predicted octanol–water partition coefficient (Wildman–Crippen LogP) is 3.41. The first-order chi connectivity index (χ1) is 12.7. The average molecular weight is 362 g/mol. The van der Waals surface area contributed by atoms with Crippen LogP contribution in [0.25, 0.3) is 0 Å². The van der Waals surface area contributed by atoms with Crippen LogP contribution < -0.4 is 9.47 Å². The molecule has 0 spiro atoms. The lowest BCUT2D eigenvalue weighted by Gasteiger charge is -2.37. The molecule has 0 radical (unpaired) electrons. The number of benzene rings is 1. The number of rotatable bonds is 8. The van der Waals surface area contributed by atoms with Crippen LogP contribution in [0.5, 0.6) is 11.5 Å². The van der Waals surface area contributed by atoms with E-state index >= 15 is 0 Å². The zero-order valence-corrected chi connectivity index (χ0v) is 15.9. The SMILES string of the molecule is COc1ccc(CCOC2CCCCC2N2CCC(N=O)C2)cc1OC. The molecule has 1 aliphatic heterocycles. The van der Waals surface area contributed by atoms with Gasteiger partial charge in [0, 0.05) is 19.1 Å². The molecule has 3 atom stereocenters. The molecular weight excluding hydrogens is 332 g/mol. The summed E-state index contributed by atoms with van der Waals surface area (Å²) in [6, 6.07) is 6.41. The molecule has 1 heterocycles.